The lowest BCUT2D eigenvalue weighted by atomic mass is 10.3. The summed E-state index contributed by atoms with van der Waals surface area (Å²) in [5.74, 6) is 0.940. The number of nitro groups is 1. The van der Waals surface area contributed by atoms with Crippen LogP contribution in [0, 0.1) is 10.1 Å². The van der Waals surface area contributed by atoms with E-state index in [0.717, 1.165) is 0 Å². The number of nitro benzene ring substituents is 1. The number of benzene rings is 2. The molecule has 2 aromatic carbocycles. The zero-order valence-electron chi connectivity index (χ0n) is 12.5. The maximum Gasteiger partial charge on any atom is 0.269 e. The van der Waals surface area contributed by atoms with Gasteiger partial charge in [0.2, 0.25) is 5.91 Å². The van der Waals surface area contributed by atoms with Gasteiger partial charge in [0.05, 0.1) is 25.1 Å². The van der Waals surface area contributed by atoms with Crippen molar-refractivity contribution in [1.29, 1.82) is 0 Å². The van der Waals surface area contributed by atoms with E-state index in [0.29, 0.717) is 17.2 Å². The van der Waals surface area contributed by atoms with E-state index < -0.39 is 4.92 Å². The standard InChI is InChI=1S/C16H16N2O5/c1-22-15-4-2-3-12(11-15)17-16(19)9-10-23-14-7-5-13(6-8-14)18(20)21/h2-8,11H,9-10H2,1H3,(H,17,19). The van der Waals surface area contributed by atoms with Crippen LogP contribution in [0.5, 0.6) is 11.5 Å². The van der Waals surface area contributed by atoms with E-state index >= 15 is 0 Å². The molecule has 0 saturated heterocycles. The normalized spacial score (nSPS) is 9.96. The molecule has 7 nitrogen and oxygen atoms in total. The Labute approximate surface area is 133 Å². The number of ether oxygens (including phenoxy) is 2. The van der Waals surface area contributed by atoms with E-state index in [4.69, 9.17) is 9.47 Å². The molecule has 0 aliphatic carbocycles. The highest BCUT2D eigenvalue weighted by molar-refractivity contribution is 5.90. The Kier molecular flexibility index (Phi) is 5.51. The first-order chi connectivity index (χ1) is 11.1. The quantitative estimate of drug-likeness (QED) is 0.626. The summed E-state index contributed by atoms with van der Waals surface area (Å²) in [5, 5.41) is 13.3. The first-order valence-electron chi connectivity index (χ1n) is 6.89. The predicted molar refractivity (Wildman–Crippen MR) is 84.8 cm³/mol. The minimum Gasteiger partial charge on any atom is -0.497 e. The largest absolute Gasteiger partial charge is 0.497 e. The monoisotopic (exact) mass is 316 g/mol. The van der Waals surface area contributed by atoms with Crippen molar-refractivity contribution >= 4 is 17.3 Å². The molecule has 0 fully saturated rings. The second-order valence-electron chi connectivity index (χ2n) is 4.63. The number of non-ortho nitro benzene ring substituents is 1. The molecule has 0 unspecified atom stereocenters. The van der Waals surface area contributed by atoms with Gasteiger partial charge in [0.25, 0.3) is 5.69 Å². The van der Waals surface area contributed by atoms with Gasteiger partial charge < -0.3 is 14.8 Å². The SMILES string of the molecule is COc1cccc(NC(=O)CCOc2ccc([N+](=O)[O-])cc2)c1. The van der Waals surface area contributed by atoms with Crippen molar-refractivity contribution in [2.75, 3.05) is 19.0 Å². The molecule has 0 aliphatic rings. The zero-order chi connectivity index (χ0) is 16.7. The maximum absolute atomic E-state index is 11.8. The molecular formula is C16H16N2O5. The van der Waals surface area contributed by atoms with E-state index in [-0.39, 0.29) is 24.6 Å². The van der Waals surface area contributed by atoms with Crippen molar-refractivity contribution < 1.29 is 19.2 Å². The van der Waals surface area contributed by atoms with Gasteiger partial charge in [0.1, 0.15) is 11.5 Å². The second kappa shape index (κ2) is 7.79. The molecule has 0 bridgehead atoms. The van der Waals surface area contributed by atoms with Crippen LogP contribution in [0.25, 0.3) is 0 Å². The number of hydrogen-bond acceptors (Lipinski definition) is 5. The van der Waals surface area contributed by atoms with Crippen LogP contribution in [0.4, 0.5) is 11.4 Å². The number of rotatable bonds is 7. The van der Waals surface area contributed by atoms with Gasteiger partial charge in [-0.3, -0.25) is 14.9 Å². The average Bonchev–Trinajstić information content (AvgIpc) is 2.55. The van der Waals surface area contributed by atoms with Gasteiger partial charge in [-0.05, 0) is 24.3 Å². The second-order valence-corrected chi connectivity index (χ2v) is 4.63. The van der Waals surface area contributed by atoms with Crippen LogP contribution in [-0.2, 0) is 4.79 Å². The van der Waals surface area contributed by atoms with E-state index in [2.05, 4.69) is 5.32 Å². The Balaban J connectivity index is 1.79. The number of methoxy groups -OCH3 is 1. The number of amides is 1. The summed E-state index contributed by atoms with van der Waals surface area (Å²) in [4.78, 5) is 21.9. The molecule has 0 aromatic heterocycles. The number of carbonyl (C=O) groups is 1. The molecule has 1 N–H and O–H groups in total. The fourth-order valence-corrected chi connectivity index (χ4v) is 1.85. The van der Waals surface area contributed by atoms with Crippen molar-refractivity contribution in [2.24, 2.45) is 0 Å². The molecule has 0 heterocycles. The Morgan fingerprint density at radius 1 is 1.17 bits per heavy atom. The van der Waals surface area contributed by atoms with Gasteiger partial charge in [-0.15, -0.1) is 0 Å². The fourth-order valence-electron chi connectivity index (χ4n) is 1.85. The lowest BCUT2D eigenvalue weighted by molar-refractivity contribution is -0.384. The number of nitrogens with zero attached hydrogens (tertiary/aromatic N) is 1. The van der Waals surface area contributed by atoms with Crippen LogP contribution in [0.15, 0.2) is 48.5 Å². The van der Waals surface area contributed by atoms with Crippen molar-refractivity contribution in [1.82, 2.24) is 0 Å². The van der Waals surface area contributed by atoms with Crippen LogP contribution >= 0.6 is 0 Å². The van der Waals surface area contributed by atoms with Gasteiger partial charge in [-0.2, -0.15) is 0 Å². The Morgan fingerprint density at radius 2 is 1.91 bits per heavy atom. The third-order valence-electron chi connectivity index (χ3n) is 3.00. The van der Waals surface area contributed by atoms with Crippen LogP contribution in [0.2, 0.25) is 0 Å². The summed E-state index contributed by atoms with van der Waals surface area (Å²) in [5.41, 5.74) is 0.637. The molecule has 0 radical (unpaired) electrons. The molecule has 120 valence electrons. The Morgan fingerprint density at radius 3 is 2.57 bits per heavy atom. The highest BCUT2D eigenvalue weighted by Gasteiger charge is 2.06. The van der Waals surface area contributed by atoms with E-state index in [1.54, 1.807) is 31.4 Å². The van der Waals surface area contributed by atoms with Crippen LogP contribution in [0.1, 0.15) is 6.42 Å². The number of anilines is 1. The lowest BCUT2D eigenvalue weighted by Gasteiger charge is -2.08. The molecule has 2 rings (SSSR count). The molecule has 0 aliphatic heterocycles. The average molecular weight is 316 g/mol. The van der Waals surface area contributed by atoms with Gasteiger partial charge >= 0.3 is 0 Å². The molecule has 23 heavy (non-hydrogen) atoms. The summed E-state index contributed by atoms with van der Waals surface area (Å²) in [6, 6.07) is 12.7. The number of carbonyl (C=O) groups excluding carboxylic acids is 1. The summed E-state index contributed by atoms with van der Waals surface area (Å²) < 4.78 is 10.5. The van der Waals surface area contributed by atoms with Gasteiger partial charge in [0.15, 0.2) is 0 Å². The van der Waals surface area contributed by atoms with Gasteiger partial charge in [-0.1, -0.05) is 6.07 Å². The van der Waals surface area contributed by atoms with Crippen molar-refractivity contribution in [3.8, 4) is 11.5 Å². The Bertz CT molecular complexity index is 685. The van der Waals surface area contributed by atoms with Crippen LogP contribution in [-0.4, -0.2) is 24.5 Å². The molecule has 1 amide bonds. The van der Waals surface area contributed by atoms with Gasteiger partial charge in [0, 0.05) is 23.9 Å². The fraction of sp³-hybridized carbons (Fsp3) is 0.188. The van der Waals surface area contributed by atoms with Crippen molar-refractivity contribution in [3.05, 3.63) is 58.6 Å². The van der Waals surface area contributed by atoms with Gasteiger partial charge in [-0.25, -0.2) is 0 Å². The van der Waals surface area contributed by atoms with E-state index in [9.17, 15) is 14.9 Å². The highest BCUT2D eigenvalue weighted by Crippen LogP contribution is 2.18. The van der Waals surface area contributed by atoms with Crippen molar-refractivity contribution in [3.63, 3.8) is 0 Å². The topological polar surface area (TPSA) is 90.7 Å². The molecule has 2 aromatic rings. The minimum atomic E-state index is -0.481. The molecule has 0 atom stereocenters. The first-order valence-corrected chi connectivity index (χ1v) is 6.89. The first kappa shape index (κ1) is 16.3. The number of nitrogens with one attached hydrogen (secondary N) is 1. The Hall–Kier alpha value is -3.09. The number of hydrogen-bond donors (Lipinski definition) is 1. The van der Waals surface area contributed by atoms with E-state index in [1.807, 2.05) is 0 Å². The summed E-state index contributed by atoms with van der Waals surface area (Å²) in [6.45, 7) is 0.174. The summed E-state index contributed by atoms with van der Waals surface area (Å²) in [7, 11) is 1.55. The molecule has 0 spiro atoms. The predicted octanol–water partition coefficient (Wildman–Crippen LogP) is 3.01. The van der Waals surface area contributed by atoms with Crippen LogP contribution < -0.4 is 14.8 Å². The highest BCUT2D eigenvalue weighted by atomic mass is 16.6. The third-order valence-corrected chi connectivity index (χ3v) is 3.00. The summed E-state index contributed by atoms with van der Waals surface area (Å²) in [6.07, 6.45) is 0.161. The lowest BCUT2D eigenvalue weighted by Crippen LogP contribution is -2.15. The van der Waals surface area contributed by atoms with E-state index in [1.165, 1.54) is 24.3 Å². The zero-order valence-corrected chi connectivity index (χ0v) is 12.5. The van der Waals surface area contributed by atoms with Crippen molar-refractivity contribution in [2.45, 2.75) is 6.42 Å². The third kappa shape index (κ3) is 4.99. The smallest absolute Gasteiger partial charge is 0.269 e. The van der Waals surface area contributed by atoms with Crippen LogP contribution in [0.3, 0.4) is 0 Å². The molecule has 0 saturated carbocycles. The minimum absolute atomic E-state index is 0.00637. The molecular weight excluding hydrogens is 300 g/mol. The summed E-state index contributed by atoms with van der Waals surface area (Å²) >= 11 is 0. The maximum atomic E-state index is 11.8. The molecule has 7 heteroatoms.